The monoisotopic (exact) mass is 267 g/mol. The van der Waals surface area contributed by atoms with Crippen LogP contribution < -0.4 is 0 Å². The molecule has 4 heteroatoms. The van der Waals surface area contributed by atoms with Gasteiger partial charge >= 0.3 is 0 Å². The van der Waals surface area contributed by atoms with Crippen molar-refractivity contribution < 1.29 is 4.52 Å². The Morgan fingerprint density at radius 2 is 2.29 bits per heavy atom. The summed E-state index contributed by atoms with van der Waals surface area (Å²) in [5.41, 5.74) is 2.78. The zero-order chi connectivity index (χ0) is 11.5. The Labute approximate surface area is 108 Å². The molecule has 1 aromatic carbocycles. The van der Waals surface area contributed by atoms with Gasteiger partial charge in [-0.1, -0.05) is 24.3 Å². The fourth-order valence-corrected chi connectivity index (χ4v) is 6.13. The molecule has 2 heterocycles. The van der Waals surface area contributed by atoms with Gasteiger partial charge < -0.3 is 4.52 Å². The Morgan fingerprint density at radius 1 is 1.41 bits per heavy atom. The Bertz CT molecular complexity index is 468. The molecule has 2 saturated heterocycles. The van der Waals surface area contributed by atoms with Crippen molar-refractivity contribution in [2.24, 2.45) is 0 Å². The predicted octanol–water partition coefficient (Wildman–Crippen LogP) is 3.79. The van der Waals surface area contributed by atoms with Crippen molar-refractivity contribution in [3.05, 3.63) is 35.4 Å². The molecule has 1 aliphatic carbocycles. The van der Waals surface area contributed by atoms with Crippen molar-refractivity contribution in [3.63, 3.8) is 0 Å². The molecule has 0 aromatic heterocycles. The summed E-state index contributed by atoms with van der Waals surface area (Å²) in [4.78, 5) is 0. The molecular weight excluding hydrogens is 253 g/mol. The zero-order valence-corrected chi connectivity index (χ0v) is 11.3. The van der Waals surface area contributed by atoms with Gasteiger partial charge in [-0.05, 0) is 48.1 Å². The lowest BCUT2D eigenvalue weighted by Crippen LogP contribution is -2.37. The van der Waals surface area contributed by atoms with Crippen LogP contribution in [-0.4, -0.2) is 17.3 Å². The van der Waals surface area contributed by atoms with Gasteiger partial charge in [0.05, 0.1) is 6.04 Å². The lowest BCUT2D eigenvalue weighted by Gasteiger charge is -2.29. The predicted molar refractivity (Wildman–Crippen MR) is 70.0 cm³/mol. The lowest BCUT2D eigenvalue weighted by molar-refractivity contribution is 0.0697. The highest BCUT2D eigenvalue weighted by Gasteiger charge is 2.58. The molecule has 3 aliphatic rings. The molecule has 17 heavy (non-hydrogen) atoms. The van der Waals surface area contributed by atoms with Crippen molar-refractivity contribution in [3.8, 4) is 0 Å². The van der Waals surface area contributed by atoms with Crippen LogP contribution in [0.1, 0.15) is 30.4 Å². The minimum absolute atomic E-state index is 0.0828. The first-order chi connectivity index (χ1) is 8.31. The van der Waals surface area contributed by atoms with Crippen molar-refractivity contribution >= 4 is 18.9 Å². The molecule has 0 radical (unpaired) electrons. The van der Waals surface area contributed by atoms with E-state index in [4.69, 9.17) is 15.8 Å². The second-order valence-electron chi connectivity index (χ2n) is 5.19. The van der Waals surface area contributed by atoms with Gasteiger partial charge in [-0.3, -0.25) is 0 Å². The maximum absolute atomic E-state index is 6.42. The van der Waals surface area contributed by atoms with Crippen molar-refractivity contribution in [2.45, 2.75) is 37.3 Å². The Hall–Kier alpha value is -0.140. The highest BCUT2D eigenvalue weighted by Crippen LogP contribution is 2.67. The molecule has 1 aromatic rings. The summed E-state index contributed by atoms with van der Waals surface area (Å²) in [5, 5.41) is 0. The summed E-state index contributed by atoms with van der Waals surface area (Å²) in [6, 6.07) is 9.26. The number of rotatable bonds is 0. The Balaban J connectivity index is 1.84. The molecule has 2 aliphatic heterocycles. The third-order valence-corrected chi connectivity index (χ3v) is 6.59. The fraction of sp³-hybridized carbons (Fsp3) is 0.538. The van der Waals surface area contributed by atoms with Gasteiger partial charge in [-0.2, -0.15) is 0 Å². The van der Waals surface area contributed by atoms with Crippen LogP contribution in [0.3, 0.4) is 0 Å². The third kappa shape index (κ3) is 1.33. The quantitative estimate of drug-likeness (QED) is 0.663. The summed E-state index contributed by atoms with van der Waals surface area (Å²) in [7, 11) is -0.884. The number of benzene rings is 1. The van der Waals surface area contributed by atoms with Gasteiger partial charge in [-0.15, -0.1) is 0 Å². The van der Waals surface area contributed by atoms with E-state index in [1.807, 2.05) is 0 Å². The van der Waals surface area contributed by atoms with Crippen LogP contribution in [0.25, 0.3) is 0 Å². The number of hydrogen-bond donors (Lipinski definition) is 0. The van der Waals surface area contributed by atoms with E-state index in [-0.39, 0.29) is 5.60 Å². The minimum atomic E-state index is -0.884. The maximum Gasteiger partial charge on any atom is 0.208 e. The van der Waals surface area contributed by atoms with Crippen LogP contribution in [0.5, 0.6) is 0 Å². The van der Waals surface area contributed by atoms with E-state index in [0.29, 0.717) is 6.04 Å². The van der Waals surface area contributed by atoms with Crippen LogP contribution in [0.15, 0.2) is 24.3 Å². The van der Waals surface area contributed by atoms with E-state index >= 15 is 0 Å². The molecule has 1 unspecified atom stereocenters. The number of nitrogens with zero attached hydrogens (tertiary/aromatic N) is 1. The molecule has 1 spiro atoms. The van der Waals surface area contributed by atoms with Crippen molar-refractivity contribution in [2.75, 3.05) is 6.54 Å². The molecule has 4 rings (SSSR count). The summed E-state index contributed by atoms with van der Waals surface area (Å²) in [6.07, 6.45) is 4.75. The largest absolute Gasteiger partial charge is 0.318 e. The van der Waals surface area contributed by atoms with Crippen LogP contribution >= 0.6 is 18.9 Å². The second kappa shape index (κ2) is 3.68. The smallest absolute Gasteiger partial charge is 0.208 e. The first kappa shape index (κ1) is 10.8. The Kier molecular flexibility index (Phi) is 2.33. The third-order valence-electron chi connectivity index (χ3n) is 4.44. The van der Waals surface area contributed by atoms with Crippen LogP contribution in [-0.2, 0) is 16.5 Å². The zero-order valence-electron chi connectivity index (χ0n) is 9.60. The summed E-state index contributed by atoms with van der Waals surface area (Å²) < 4.78 is 8.66. The molecular formula is C13H15ClNOP. The molecule has 2 nitrogen and oxygen atoms in total. The standard InChI is InChI=1S/C13H15ClNOP/c14-17-15-9-3-6-12(15)13(16-17)8-7-10-4-1-2-5-11(10)13/h1-2,4-5,12H,3,6-9H2/t12-,13+,17?/m0/s1. The van der Waals surface area contributed by atoms with Gasteiger partial charge in [0.2, 0.25) is 7.65 Å². The summed E-state index contributed by atoms with van der Waals surface area (Å²) in [5.74, 6) is 0. The second-order valence-corrected chi connectivity index (χ2v) is 7.20. The summed E-state index contributed by atoms with van der Waals surface area (Å²) >= 11 is 6.42. The molecule has 0 bridgehead atoms. The van der Waals surface area contributed by atoms with Gasteiger partial charge in [0, 0.05) is 6.54 Å². The van der Waals surface area contributed by atoms with Gasteiger partial charge in [0.1, 0.15) is 5.60 Å². The molecule has 0 N–H and O–H groups in total. The minimum Gasteiger partial charge on any atom is -0.318 e. The van der Waals surface area contributed by atoms with E-state index in [1.54, 1.807) is 0 Å². The van der Waals surface area contributed by atoms with E-state index in [1.165, 1.54) is 24.0 Å². The number of fused-ring (bicyclic) bond motifs is 4. The topological polar surface area (TPSA) is 12.5 Å². The first-order valence-electron chi connectivity index (χ1n) is 6.31. The summed E-state index contributed by atoms with van der Waals surface area (Å²) in [6.45, 7) is 1.11. The van der Waals surface area contributed by atoms with Gasteiger partial charge in [0.25, 0.3) is 0 Å². The van der Waals surface area contributed by atoms with Crippen molar-refractivity contribution in [1.29, 1.82) is 0 Å². The number of halogens is 1. The normalized spacial score (nSPS) is 39.8. The van der Waals surface area contributed by atoms with Crippen molar-refractivity contribution in [1.82, 2.24) is 4.67 Å². The fourth-order valence-electron chi connectivity index (χ4n) is 3.71. The lowest BCUT2D eigenvalue weighted by atomic mass is 9.87. The first-order valence-corrected chi connectivity index (χ1v) is 8.43. The SMILES string of the molecule is ClP1O[C@@]2(CCc3ccccc32)[C@@H]2CCCN21. The molecule has 90 valence electrons. The maximum atomic E-state index is 6.42. The highest BCUT2D eigenvalue weighted by atomic mass is 35.7. The van der Waals surface area contributed by atoms with Crippen LogP contribution in [0.2, 0.25) is 0 Å². The average molecular weight is 268 g/mol. The van der Waals surface area contributed by atoms with Crippen LogP contribution in [0.4, 0.5) is 0 Å². The number of aryl methyl sites for hydroxylation is 1. The van der Waals surface area contributed by atoms with E-state index in [0.717, 1.165) is 19.4 Å². The van der Waals surface area contributed by atoms with Gasteiger partial charge in [-0.25, -0.2) is 4.67 Å². The molecule has 3 atom stereocenters. The molecule has 0 saturated carbocycles. The average Bonchev–Trinajstić information content (AvgIpc) is 2.99. The highest BCUT2D eigenvalue weighted by molar-refractivity contribution is 7.78. The number of hydrogen-bond acceptors (Lipinski definition) is 2. The van der Waals surface area contributed by atoms with E-state index in [9.17, 15) is 0 Å². The molecule has 2 fully saturated rings. The van der Waals surface area contributed by atoms with E-state index < -0.39 is 7.65 Å². The van der Waals surface area contributed by atoms with Crippen LogP contribution in [0, 0.1) is 0 Å². The van der Waals surface area contributed by atoms with Gasteiger partial charge in [0.15, 0.2) is 0 Å². The Morgan fingerprint density at radius 3 is 3.24 bits per heavy atom. The molecule has 0 amide bonds. The van der Waals surface area contributed by atoms with E-state index in [2.05, 4.69) is 28.9 Å².